The van der Waals surface area contributed by atoms with Crippen molar-refractivity contribution in [2.45, 2.75) is 0 Å². The number of halogens is 2. The lowest BCUT2D eigenvalue weighted by Crippen LogP contribution is -1.86. The van der Waals surface area contributed by atoms with Gasteiger partial charge in [-0.2, -0.15) is 0 Å². The van der Waals surface area contributed by atoms with E-state index in [4.69, 9.17) is 16.3 Å². The summed E-state index contributed by atoms with van der Waals surface area (Å²) in [5.41, 5.74) is 0. The first-order valence-electron chi connectivity index (χ1n) is 4.00. The molecule has 1 heterocycles. The Morgan fingerprint density at radius 2 is 2.14 bits per heavy atom. The third-order valence-electron chi connectivity index (χ3n) is 1.99. The second-order valence-corrected chi connectivity index (χ2v) is 4.04. The van der Waals surface area contributed by atoms with Gasteiger partial charge in [0.05, 0.1) is 7.11 Å². The highest BCUT2D eigenvalue weighted by Crippen LogP contribution is 2.32. The monoisotopic (exact) mass is 271 g/mol. The molecule has 2 rings (SSSR count). The van der Waals surface area contributed by atoms with Crippen molar-refractivity contribution < 1.29 is 4.74 Å². The fourth-order valence-electron chi connectivity index (χ4n) is 1.33. The van der Waals surface area contributed by atoms with E-state index in [0.717, 1.165) is 21.0 Å². The van der Waals surface area contributed by atoms with E-state index in [9.17, 15) is 0 Å². The van der Waals surface area contributed by atoms with E-state index in [1.165, 1.54) is 0 Å². The minimum Gasteiger partial charge on any atom is -0.496 e. The summed E-state index contributed by atoms with van der Waals surface area (Å²) in [6.45, 7) is 0. The molecule has 0 spiro atoms. The largest absolute Gasteiger partial charge is 0.496 e. The molecule has 0 unspecified atom stereocenters. The van der Waals surface area contributed by atoms with Crippen LogP contribution in [0.5, 0.6) is 5.75 Å². The number of benzene rings is 1. The van der Waals surface area contributed by atoms with Gasteiger partial charge in [-0.1, -0.05) is 27.5 Å². The molecule has 0 saturated carbocycles. The molecule has 14 heavy (non-hydrogen) atoms. The Morgan fingerprint density at radius 1 is 1.36 bits per heavy atom. The van der Waals surface area contributed by atoms with E-state index in [1.807, 2.05) is 12.1 Å². The summed E-state index contributed by atoms with van der Waals surface area (Å²) in [4.78, 5) is 4.02. The highest BCUT2D eigenvalue weighted by atomic mass is 79.9. The third kappa shape index (κ3) is 1.57. The quantitative estimate of drug-likeness (QED) is 0.739. The van der Waals surface area contributed by atoms with Gasteiger partial charge in [-0.3, -0.25) is 0 Å². The number of nitrogens with zero attached hydrogens (tertiary/aromatic N) is 1. The zero-order chi connectivity index (χ0) is 10.1. The van der Waals surface area contributed by atoms with Gasteiger partial charge in [0.2, 0.25) is 0 Å². The molecule has 2 aromatic rings. The van der Waals surface area contributed by atoms with Gasteiger partial charge in [0.25, 0.3) is 0 Å². The lowest BCUT2D eigenvalue weighted by atomic mass is 10.1. The molecule has 4 heteroatoms. The first-order valence-corrected chi connectivity index (χ1v) is 5.17. The summed E-state index contributed by atoms with van der Waals surface area (Å²) >= 11 is 9.26. The maximum atomic E-state index is 5.82. The van der Waals surface area contributed by atoms with E-state index in [2.05, 4.69) is 20.9 Å². The molecule has 0 fully saturated rings. The molecule has 0 saturated heterocycles. The van der Waals surface area contributed by atoms with Crippen LogP contribution in [-0.4, -0.2) is 12.1 Å². The van der Waals surface area contributed by atoms with E-state index >= 15 is 0 Å². The minimum absolute atomic E-state index is 0.467. The highest BCUT2D eigenvalue weighted by molar-refractivity contribution is 9.10. The van der Waals surface area contributed by atoms with Crippen molar-refractivity contribution in [1.29, 1.82) is 0 Å². The number of fused-ring (bicyclic) bond motifs is 1. The van der Waals surface area contributed by atoms with Crippen LogP contribution in [0.4, 0.5) is 0 Å². The van der Waals surface area contributed by atoms with Crippen molar-refractivity contribution in [3.05, 3.63) is 34.0 Å². The van der Waals surface area contributed by atoms with E-state index in [0.29, 0.717) is 5.15 Å². The Kier molecular flexibility index (Phi) is 2.61. The van der Waals surface area contributed by atoms with Gasteiger partial charge in [-0.05, 0) is 18.2 Å². The first kappa shape index (κ1) is 9.74. The molecule has 0 atom stereocenters. The van der Waals surface area contributed by atoms with Crippen LogP contribution in [0.2, 0.25) is 5.15 Å². The average molecular weight is 273 g/mol. The molecule has 0 N–H and O–H groups in total. The lowest BCUT2D eigenvalue weighted by molar-refractivity contribution is 0.420. The number of methoxy groups -OCH3 is 1. The van der Waals surface area contributed by atoms with Crippen LogP contribution in [0.3, 0.4) is 0 Å². The maximum Gasteiger partial charge on any atom is 0.129 e. The summed E-state index contributed by atoms with van der Waals surface area (Å²) < 4.78 is 6.21. The van der Waals surface area contributed by atoms with Gasteiger partial charge >= 0.3 is 0 Å². The van der Waals surface area contributed by atoms with Crippen LogP contribution >= 0.6 is 27.5 Å². The van der Waals surface area contributed by atoms with E-state index in [1.54, 1.807) is 19.4 Å². The molecular weight excluding hydrogens is 265 g/mol. The van der Waals surface area contributed by atoms with Crippen LogP contribution in [0.1, 0.15) is 0 Å². The number of aromatic nitrogens is 1. The Labute approximate surface area is 95.0 Å². The first-order chi connectivity index (χ1) is 6.72. The Hall–Kier alpha value is -0.800. The molecule has 0 radical (unpaired) electrons. The van der Waals surface area contributed by atoms with Crippen LogP contribution in [-0.2, 0) is 0 Å². The van der Waals surface area contributed by atoms with Crippen molar-refractivity contribution in [2.24, 2.45) is 0 Å². The van der Waals surface area contributed by atoms with Gasteiger partial charge in [0.15, 0.2) is 0 Å². The predicted octanol–water partition coefficient (Wildman–Crippen LogP) is 3.66. The van der Waals surface area contributed by atoms with Crippen molar-refractivity contribution >= 4 is 38.3 Å². The van der Waals surface area contributed by atoms with Gasteiger partial charge < -0.3 is 4.74 Å². The SMILES string of the molecule is COc1ccc(Br)c2cnc(Cl)cc12. The Balaban J connectivity index is 2.85. The number of pyridine rings is 1. The summed E-state index contributed by atoms with van der Waals surface area (Å²) in [6, 6.07) is 5.61. The molecule has 0 aliphatic carbocycles. The van der Waals surface area contributed by atoms with E-state index in [-0.39, 0.29) is 0 Å². The molecular formula is C10H7BrClNO. The maximum absolute atomic E-state index is 5.82. The van der Waals surface area contributed by atoms with E-state index < -0.39 is 0 Å². The summed E-state index contributed by atoms with van der Waals surface area (Å²) in [5.74, 6) is 0.799. The fourth-order valence-corrected chi connectivity index (χ4v) is 1.94. The van der Waals surface area contributed by atoms with Gasteiger partial charge in [-0.25, -0.2) is 4.98 Å². The summed E-state index contributed by atoms with van der Waals surface area (Å²) in [6.07, 6.45) is 1.73. The Morgan fingerprint density at radius 3 is 2.86 bits per heavy atom. The molecule has 0 aliphatic heterocycles. The number of ether oxygens (including phenoxy) is 1. The third-order valence-corrected chi connectivity index (χ3v) is 2.89. The topological polar surface area (TPSA) is 22.1 Å². The molecule has 72 valence electrons. The Bertz CT molecular complexity index is 487. The summed E-state index contributed by atoms with van der Waals surface area (Å²) in [7, 11) is 1.64. The lowest BCUT2D eigenvalue weighted by Gasteiger charge is -2.06. The van der Waals surface area contributed by atoms with Crippen molar-refractivity contribution in [2.75, 3.05) is 7.11 Å². The van der Waals surface area contributed by atoms with Crippen molar-refractivity contribution in [3.8, 4) is 5.75 Å². The van der Waals surface area contributed by atoms with Gasteiger partial charge in [-0.15, -0.1) is 0 Å². The minimum atomic E-state index is 0.467. The molecule has 2 nitrogen and oxygen atoms in total. The zero-order valence-electron chi connectivity index (χ0n) is 7.42. The number of hydrogen-bond donors (Lipinski definition) is 0. The summed E-state index contributed by atoms with van der Waals surface area (Å²) in [5, 5.41) is 2.42. The molecule has 0 aliphatic rings. The molecule has 1 aromatic heterocycles. The molecule has 1 aromatic carbocycles. The highest BCUT2D eigenvalue weighted by Gasteiger charge is 2.05. The van der Waals surface area contributed by atoms with Crippen LogP contribution in [0, 0.1) is 0 Å². The van der Waals surface area contributed by atoms with Gasteiger partial charge in [0, 0.05) is 21.4 Å². The van der Waals surface area contributed by atoms with Crippen LogP contribution in [0.25, 0.3) is 10.8 Å². The molecule has 0 bridgehead atoms. The predicted molar refractivity (Wildman–Crippen MR) is 61.0 cm³/mol. The second-order valence-electron chi connectivity index (χ2n) is 2.80. The van der Waals surface area contributed by atoms with Crippen LogP contribution in [0.15, 0.2) is 28.9 Å². The van der Waals surface area contributed by atoms with Crippen LogP contribution < -0.4 is 4.74 Å². The standard InChI is InChI=1S/C10H7BrClNO/c1-14-9-3-2-8(11)7-5-13-10(12)4-6(7)9/h2-5H,1H3. The number of rotatable bonds is 1. The fraction of sp³-hybridized carbons (Fsp3) is 0.100. The van der Waals surface area contributed by atoms with Crippen molar-refractivity contribution in [1.82, 2.24) is 4.98 Å². The zero-order valence-corrected chi connectivity index (χ0v) is 9.76. The average Bonchev–Trinajstić information content (AvgIpc) is 2.18. The number of hydrogen-bond acceptors (Lipinski definition) is 2. The molecule has 0 amide bonds. The van der Waals surface area contributed by atoms with Gasteiger partial charge in [0.1, 0.15) is 10.9 Å². The van der Waals surface area contributed by atoms with Crippen molar-refractivity contribution in [3.63, 3.8) is 0 Å². The second kappa shape index (κ2) is 3.75. The smallest absolute Gasteiger partial charge is 0.129 e. The normalized spacial score (nSPS) is 10.5.